The van der Waals surface area contributed by atoms with Crippen LogP contribution in [0, 0.1) is 0 Å². The van der Waals surface area contributed by atoms with E-state index in [1.54, 1.807) is 17.1 Å². The van der Waals surface area contributed by atoms with Crippen molar-refractivity contribution in [2.45, 2.75) is 25.5 Å². The van der Waals surface area contributed by atoms with Gasteiger partial charge in [0, 0.05) is 13.2 Å². The number of halogens is 2. The molecular formula is C15H17Cl2N5OS. The minimum absolute atomic E-state index is 0.227. The Hall–Kier alpha value is -1.41. The highest BCUT2D eigenvalue weighted by atomic mass is 35.5. The molecule has 3 rings (SSSR count). The summed E-state index contributed by atoms with van der Waals surface area (Å²) in [6.07, 6.45) is 4.03. The van der Waals surface area contributed by atoms with E-state index in [0.29, 0.717) is 34.2 Å². The minimum atomic E-state index is 0.227. The second kappa shape index (κ2) is 8.11. The molecule has 1 aromatic heterocycles. The number of ether oxygens (including phenoxy) is 1. The van der Waals surface area contributed by atoms with Crippen molar-refractivity contribution in [3.8, 4) is 0 Å². The quantitative estimate of drug-likeness (QED) is 0.770. The lowest BCUT2D eigenvalue weighted by molar-refractivity contribution is 0.114. The second-order valence-corrected chi connectivity index (χ2v) is 6.71. The molecule has 1 unspecified atom stereocenters. The first-order valence-corrected chi connectivity index (χ1v) is 8.76. The molecule has 2 heterocycles. The van der Waals surface area contributed by atoms with E-state index in [2.05, 4.69) is 20.7 Å². The number of anilines is 1. The molecule has 0 radical (unpaired) electrons. The summed E-state index contributed by atoms with van der Waals surface area (Å²) in [5.41, 5.74) is 0.986. The van der Waals surface area contributed by atoms with Gasteiger partial charge in [0.2, 0.25) is 5.95 Å². The Labute approximate surface area is 155 Å². The SMILES string of the molecule is S=C(NCC1CCCO1)Nc1ncn(Cc2ccc(Cl)c(Cl)c2)n1. The van der Waals surface area contributed by atoms with Gasteiger partial charge in [0.25, 0.3) is 0 Å². The molecule has 6 nitrogen and oxygen atoms in total. The zero-order valence-corrected chi connectivity index (χ0v) is 15.2. The van der Waals surface area contributed by atoms with E-state index in [9.17, 15) is 0 Å². The highest BCUT2D eigenvalue weighted by molar-refractivity contribution is 7.80. The van der Waals surface area contributed by atoms with Gasteiger partial charge in [-0.25, -0.2) is 9.67 Å². The Bertz CT molecular complexity index is 718. The van der Waals surface area contributed by atoms with Crippen LogP contribution in [-0.4, -0.2) is 39.1 Å². The Kier molecular flexibility index (Phi) is 5.89. The number of hydrogen-bond donors (Lipinski definition) is 2. The van der Waals surface area contributed by atoms with Crippen LogP contribution in [-0.2, 0) is 11.3 Å². The van der Waals surface area contributed by atoms with Crippen LogP contribution in [0.25, 0.3) is 0 Å². The van der Waals surface area contributed by atoms with Crippen LogP contribution in [0.5, 0.6) is 0 Å². The molecule has 128 valence electrons. The summed E-state index contributed by atoms with van der Waals surface area (Å²) in [6, 6.07) is 5.47. The molecule has 24 heavy (non-hydrogen) atoms. The maximum Gasteiger partial charge on any atom is 0.248 e. The number of nitrogens with zero attached hydrogens (tertiary/aromatic N) is 3. The molecule has 0 saturated carbocycles. The van der Waals surface area contributed by atoms with E-state index in [0.717, 1.165) is 25.0 Å². The summed E-state index contributed by atoms with van der Waals surface area (Å²) in [4.78, 5) is 4.20. The predicted molar refractivity (Wildman–Crippen MR) is 98.8 cm³/mol. The van der Waals surface area contributed by atoms with Crippen molar-refractivity contribution in [1.29, 1.82) is 0 Å². The Morgan fingerprint density at radius 2 is 2.25 bits per heavy atom. The largest absolute Gasteiger partial charge is 0.376 e. The van der Waals surface area contributed by atoms with Gasteiger partial charge in [0.05, 0.1) is 22.7 Å². The fourth-order valence-electron chi connectivity index (χ4n) is 2.41. The maximum absolute atomic E-state index is 6.02. The molecule has 1 aliphatic heterocycles. The van der Waals surface area contributed by atoms with Crippen LogP contribution in [0.4, 0.5) is 5.95 Å². The van der Waals surface area contributed by atoms with E-state index in [4.69, 9.17) is 40.2 Å². The third-order valence-corrected chi connectivity index (χ3v) is 4.59. The van der Waals surface area contributed by atoms with E-state index < -0.39 is 0 Å². The number of nitrogens with one attached hydrogen (secondary N) is 2. The number of thiocarbonyl (C=S) groups is 1. The fourth-order valence-corrected chi connectivity index (χ4v) is 2.91. The van der Waals surface area contributed by atoms with E-state index >= 15 is 0 Å². The van der Waals surface area contributed by atoms with Gasteiger partial charge in [-0.2, -0.15) is 0 Å². The molecule has 0 spiro atoms. The number of aromatic nitrogens is 3. The first-order chi connectivity index (χ1) is 11.6. The molecule has 0 bridgehead atoms. The molecule has 0 aliphatic carbocycles. The fraction of sp³-hybridized carbons (Fsp3) is 0.400. The molecular weight excluding hydrogens is 369 g/mol. The van der Waals surface area contributed by atoms with Gasteiger partial charge in [-0.05, 0) is 42.8 Å². The first kappa shape index (κ1) is 17.4. The van der Waals surface area contributed by atoms with Crippen molar-refractivity contribution < 1.29 is 4.74 Å². The highest BCUT2D eigenvalue weighted by Gasteiger charge is 2.15. The van der Waals surface area contributed by atoms with Gasteiger partial charge in [-0.3, -0.25) is 5.32 Å². The third kappa shape index (κ3) is 4.80. The van der Waals surface area contributed by atoms with E-state index in [1.807, 2.05) is 12.1 Å². The summed E-state index contributed by atoms with van der Waals surface area (Å²) < 4.78 is 7.24. The molecule has 9 heteroatoms. The molecule has 2 N–H and O–H groups in total. The lowest BCUT2D eigenvalue weighted by Crippen LogP contribution is -2.35. The van der Waals surface area contributed by atoms with E-state index in [-0.39, 0.29) is 6.10 Å². The normalized spacial score (nSPS) is 17.0. The number of hydrogen-bond acceptors (Lipinski definition) is 4. The van der Waals surface area contributed by atoms with Crippen LogP contribution < -0.4 is 10.6 Å². The average Bonchev–Trinajstić information content (AvgIpc) is 3.21. The smallest absolute Gasteiger partial charge is 0.248 e. The van der Waals surface area contributed by atoms with Gasteiger partial charge in [-0.1, -0.05) is 29.3 Å². The summed E-state index contributed by atoms with van der Waals surface area (Å²) in [5.74, 6) is 0.444. The van der Waals surface area contributed by atoms with Crippen LogP contribution in [0.15, 0.2) is 24.5 Å². The molecule has 1 fully saturated rings. The molecule has 1 atom stereocenters. The van der Waals surface area contributed by atoms with Crippen molar-refractivity contribution in [1.82, 2.24) is 20.1 Å². The van der Waals surface area contributed by atoms with Crippen molar-refractivity contribution in [2.24, 2.45) is 0 Å². The number of rotatable bonds is 5. The van der Waals surface area contributed by atoms with Gasteiger partial charge in [0.15, 0.2) is 5.11 Å². The molecule has 2 aromatic rings. The van der Waals surface area contributed by atoms with Crippen LogP contribution in [0.1, 0.15) is 18.4 Å². The number of benzene rings is 1. The summed E-state index contributed by atoms with van der Waals surface area (Å²) in [6.45, 7) is 2.06. The zero-order chi connectivity index (χ0) is 16.9. The minimum Gasteiger partial charge on any atom is -0.376 e. The van der Waals surface area contributed by atoms with Crippen LogP contribution in [0.2, 0.25) is 10.0 Å². The average molecular weight is 386 g/mol. The maximum atomic E-state index is 6.02. The lowest BCUT2D eigenvalue weighted by atomic mass is 10.2. The summed E-state index contributed by atoms with van der Waals surface area (Å²) in [5, 5.41) is 12.0. The molecule has 0 amide bonds. The van der Waals surface area contributed by atoms with Crippen LogP contribution in [0.3, 0.4) is 0 Å². The summed E-state index contributed by atoms with van der Waals surface area (Å²) >= 11 is 17.2. The molecule has 1 aliphatic rings. The topological polar surface area (TPSA) is 64.0 Å². The Morgan fingerprint density at radius 3 is 3.00 bits per heavy atom. The molecule has 1 aromatic carbocycles. The van der Waals surface area contributed by atoms with Crippen molar-refractivity contribution in [3.63, 3.8) is 0 Å². The first-order valence-electron chi connectivity index (χ1n) is 7.60. The van der Waals surface area contributed by atoms with Crippen LogP contribution >= 0.6 is 35.4 Å². The Morgan fingerprint density at radius 1 is 1.38 bits per heavy atom. The zero-order valence-electron chi connectivity index (χ0n) is 12.8. The van der Waals surface area contributed by atoms with Gasteiger partial charge >= 0.3 is 0 Å². The monoisotopic (exact) mass is 385 g/mol. The van der Waals surface area contributed by atoms with Gasteiger partial charge in [0.1, 0.15) is 6.33 Å². The second-order valence-electron chi connectivity index (χ2n) is 5.48. The summed E-state index contributed by atoms with van der Waals surface area (Å²) in [7, 11) is 0. The standard InChI is InChI=1S/C15H17Cl2N5OS/c16-12-4-3-10(6-13(12)17)8-22-9-19-14(21-22)20-15(24)18-7-11-2-1-5-23-11/h3-4,6,9,11H,1-2,5,7-8H2,(H2,18,20,21,24). The van der Waals surface area contributed by atoms with Gasteiger partial charge < -0.3 is 10.1 Å². The highest BCUT2D eigenvalue weighted by Crippen LogP contribution is 2.22. The third-order valence-electron chi connectivity index (χ3n) is 3.60. The van der Waals surface area contributed by atoms with E-state index in [1.165, 1.54) is 0 Å². The van der Waals surface area contributed by atoms with Crippen molar-refractivity contribution in [3.05, 3.63) is 40.1 Å². The molecule has 1 saturated heterocycles. The van der Waals surface area contributed by atoms with Gasteiger partial charge in [-0.15, -0.1) is 5.10 Å². The van der Waals surface area contributed by atoms with Crippen molar-refractivity contribution in [2.75, 3.05) is 18.5 Å². The van der Waals surface area contributed by atoms with Crippen molar-refractivity contribution >= 4 is 46.5 Å². The Balaban J connectivity index is 1.51. The predicted octanol–water partition coefficient (Wildman–Crippen LogP) is 3.10. The lowest BCUT2D eigenvalue weighted by Gasteiger charge is -2.12.